The van der Waals surface area contributed by atoms with Gasteiger partial charge in [-0.2, -0.15) is 0 Å². The maximum absolute atomic E-state index is 11.7. The highest BCUT2D eigenvalue weighted by Crippen LogP contribution is 2.10. The fourth-order valence-corrected chi connectivity index (χ4v) is 1.40. The Hall–Kier alpha value is -2.37. The van der Waals surface area contributed by atoms with Gasteiger partial charge in [-0.1, -0.05) is 0 Å². The molecule has 0 unspecified atom stereocenters. The van der Waals surface area contributed by atoms with Crippen LogP contribution < -0.4 is 5.32 Å². The maximum Gasteiger partial charge on any atom is 0.344 e. The molecule has 0 saturated heterocycles. The second-order valence-electron chi connectivity index (χ2n) is 4.37. The molecular formula is C14H17NO5. The Kier molecular flexibility index (Phi) is 5.71. The lowest BCUT2D eigenvalue weighted by atomic mass is 10.2. The van der Waals surface area contributed by atoms with Crippen LogP contribution in [0.4, 0.5) is 5.69 Å². The summed E-state index contributed by atoms with van der Waals surface area (Å²) < 4.78 is 9.65. The number of hydrogen-bond donors (Lipinski definition) is 1. The van der Waals surface area contributed by atoms with Crippen LogP contribution in [0.1, 0.15) is 31.1 Å². The molecular weight excluding hydrogens is 262 g/mol. The first kappa shape index (κ1) is 15.7. The summed E-state index contributed by atoms with van der Waals surface area (Å²) in [5, 5.41) is 2.58. The molecule has 0 aromatic heterocycles. The van der Waals surface area contributed by atoms with E-state index < -0.39 is 18.5 Å². The molecule has 0 saturated carbocycles. The minimum absolute atomic E-state index is 0.197. The maximum atomic E-state index is 11.7. The molecule has 0 aliphatic rings. The fraction of sp³-hybridized carbons (Fsp3) is 0.357. The van der Waals surface area contributed by atoms with Crippen molar-refractivity contribution in [2.24, 2.45) is 0 Å². The average molecular weight is 279 g/mol. The number of nitrogens with one attached hydrogen (secondary N) is 1. The van der Waals surface area contributed by atoms with Gasteiger partial charge >= 0.3 is 11.9 Å². The summed E-state index contributed by atoms with van der Waals surface area (Å²) in [6.45, 7) is 4.38. The van der Waals surface area contributed by atoms with Gasteiger partial charge in [-0.25, -0.2) is 9.59 Å². The van der Waals surface area contributed by atoms with Gasteiger partial charge in [0.05, 0.1) is 11.7 Å². The highest BCUT2D eigenvalue weighted by molar-refractivity contribution is 5.92. The van der Waals surface area contributed by atoms with E-state index in [0.717, 1.165) is 0 Å². The molecule has 0 aliphatic carbocycles. The number of rotatable bonds is 5. The third kappa shape index (κ3) is 5.51. The highest BCUT2D eigenvalue weighted by Gasteiger charge is 2.12. The Morgan fingerprint density at radius 2 is 1.75 bits per heavy atom. The van der Waals surface area contributed by atoms with E-state index in [9.17, 15) is 14.4 Å². The first-order chi connectivity index (χ1) is 9.38. The zero-order valence-corrected chi connectivity index (χ0v) is 11.6. The van der Waals surface area contributed by atoms with Gasteiger partial charge < -0.3 is 14.8 Å². The predicted molar refractivity (Wildman–Crippen MR) is 72.3 cm³/mol. The van der Waals surface area contributed by atoms with Gasteiger partial charge in [0.25, 0.3) is 0 Å². The molecule has 108 valence electrons. The second kappa shape index (κ2) is 7.28. The lowest BCUT2D eigenvalue weighted by Crippen LogP contribution is -2.19. The molecule has 1 aromatic rings. The minimum Gasteiger partial charge on any atom is -0.460 e. The Balaban J connectivity index is 2.51. The Morgan fingerprint density at radius 1 is 1.15 bits per heavy atom. The van der Waals surface area contributed by atoms with Gasteiger partial charge in [0.15, 0.2) is 6.61 Å². The van der Waals surface area contributed by atoms with E-state index in [1.807, 2.05) is 0 Å². The molecule has 0 heterocycles. The number of esters is 2. The van der Waals surface area contributed by atoms with Crippen molar-refractivity contribution in [2.75, 3.05) is 11.9 Å². The van der Waals surface area contributed by atoms with Crippen molar-refractivity contribution >= 4 is 23.5 Å². The van der Waals surface area contributed by atoms with Crippen LogP contribution in [0.15, 0.2) is 24.3 Å². The van der Waals surface area contributed by atoms with Gasteiger partial charge in [0, 0.05) is 12.6 Å². The molecule has 6 nitrogen and oxygen atoms in total. The van der Waals surface area contributed by atoms with Crippen LogP contribution in [0.25, 0.3) is 0 Å². The molecule has 0 radical (unpaired) electrons. The lowest BCUT2D eigenvalue weighted by Gasteiger charge is -2.08. The van der Waals surface area contributed by atoms with Crippen LogP contribution in [0.5, 0.6) is 0 Å². The molecule has 0 bridgehead atoms. The van der Waals surface area contributed by atoms with E-state index in [0.29, 0.717) is 5.69 Å². The number of benzene rings is 1. The molecule has 1 amide bonds. The predicted octanol–water partition coefficient (Wildman–Crippen LogP) is 1.75. The van der Waals surface area contributed by atoms with Crippen LogP contribution in [0.3, 0.4) is 0 Å². The molecule has 0 atom stereocenters. The van der Waals surface area contributed by atoms with Crippen molar-refractivity contribution in [1.29, 1.82) is 0 Å². The third-order valence-electron chi connectivity index (χ3n) is 2.13. The van der Waals surface area contributed by atoms with E-state index in [2.05, 4.69) is 5.32 Å². The molecule has 0 fully saturated rings. The number of ether oxygens (including phenoxy) is 2. The summed E-state index contributed by atoms with van der Waals surface area (Å²) >= 11 is 0. The van der Waals surface area contributed by atoms with E-state index in [1.54, 1.807) is 26.0 Å². The van der Waals surface area contributed by atoms with Gasteiger partial charge in [-0.15, -0.1) is 0 Å². The number of carbonyl (C=O) groups is 3. The third-order valence-corrected chi connectivity index (χ3v) is 2.13. The number of carbonyl (C=O) groups excluding carboxylic acids is 3. The van der Waals surface area contributed by atoms with E-state index >= 15 is 0 Å². The summed E-state index contributed by atoms with van der Waals surface area (Å²) in [5.74, 6) is -1.42. The quantitative estimate of drug-likeness (QED) is 0.830. The van der Waals surface area contributed by atoms with Gasteiger partial charge in [-0.05, 0) is 38.1 Å². The average Bonchev–Trinajstić information content (AvgIpc) is 2.35. The van der Waals surface area contributed by atoms with Crippen LogP contribution >= 0.6 is 0 Å². The van der Waals surface area contributed by atoms with E-state index in [1.165, 1.54) is 19.1 Å². The molecule has 1 rings (SSSR count). The topological polar surface area (TPSA) is 81.7 Å². The van der Waals surface area contributed by atoms with E-state index in [4.69, 9.17) is 9.47 Å². The first-order valence-electron chi connectivity index (χ1n) is 6.12. The Labute approximate surface area is 117 Å². The van der Waals surface area contributed by atoms with Crippen molar-refractivity contribution in [3.63, 3.8) is 0 Å². The van der Waals surface area contributed by atoms with Crippen LogP contribution in [-0.4, -0.2) is 30.6 Å². The minimum atomic E-state index is -0.625. The number of amides is 1. The zero-order valence-electron chi connectivity index (χ0n) is 11.6. The van der Waals surface area contributed by atoms with Crippen LogP contribution in [-0.2, 0) is 19.1 Å². The van der Waals surface area contributed by atoms with E-state index in [-0.39, 0.29) is 17.6 Å². The molecule has 0 spiro atoms. The van der Waals surface area contributed by atoms with Crippen molar-refractivity contribution in [3.8, 4) is 0 Å². The lowest BCUT2D eigenvalue weighted by molar-refractivity contribution is -0.151. The fourth-order valence-electron chi connectivity index (χ4n) is 1.40. The largest absolute Gasteiger partial charge is 0.460 e. The zero-order chi connectivity index (χ0) is 15.1. The summed E-state index contributed by atoms with van der Waals surface area (Å²) in [7, 11) is 0. The standard InChI is InChI=1S/C14H17NO5/c1-9(2)20-13(17)8-19-14(18)11-4-6-12(7-5-11)15-10(3)16/h4-7,9H,8H2,1-3H3,(H,15,16). The Bertz CT molecular complexity index is 493. The molecule has 6 heteroatoms. The van der Waals surface area contributed by atoms with Crippen molar-refractivity contribution in [2.45, 2.75) is 26.9 Å². The Morgan fingerprint density at radius 3 is 2.25 bits per heavy atom. The van der Waals surface area contributed by atoms with Crippen molar-refractivity contribution in [3.05, 3.63) is 29.8 Å². The van der Waals surface area contributed by atoms with Gasteiger partial charge in [0.1, 0.15) is 0 Å². The normalized spacial score (nSPS) is 10.0. The molecule has 1 aromatic carbocycles. The molecule has 0 aliphatic heterocycles. The van der Waals surface area contributed by atoms with Gasteiger partial charge in [-0.3, -0.25) is 4.79 Å². The summed E-state index contributed by atoms with van der Waals surface area (Å²) in [5.41, 5.74) is 0.865. The second-order valence-corrected chi connectivity index (χ2v) is 4.37. The smallest absolute Gasteiger partial charge is 0.344 e. The monoisotopic (exact) mass is 279 g/mol. The highest BCUT2D eigenvalue weighted by atomic mass is 16.6. The summed E-state index contributed by atoms with van der Waals surface area (Å²) in [4.78, 5) is 33.7. The summed E-state index contributed by atoms with van der Waals surface area (Å²) in [6, 6.07) is 6.15. The van der Waals surface area contributed by atoms with Crippen LogP contribution in [0.2, 0.25) is 0 Å². The number of hydrogen-bond acceptors (Lipinski definition) is 5. The van der Waals surface area contributed by atoms with Crippen molar-refractivity contribution in [1.82, 2.24) is 0 Å². The number of anilines is 1. The van der Waals surface area contributed by atoms with Gasteiger partial charge in [0.2, 0.25) is 5.91 Å². The summed E-state index contributed by atoms with van der Waals surface area (Å²) in [6.07, 6.45) is -0.252. The molecule has 20 heavy (non-hydrogen) atoms. The SMILES string of the molecule is CC(=O)Nc1ccc(C(=O)OCC(=O)OC(C)C)cc1. The molecule has 1 N–H and O–H groups in total. The van der Waals surface area contributed by atoms with Crippen molar-refractivity contribution < 1.29 is 23.9 Å². The first-order valence-corrected chi connectivity index (χ1v) is 6.12. The van der Waals surface area contributed by atoms with Crippen LogP contribution in [0, 0.1) is 0 Å².